The molecule has 0 aliphatic carbocycles. The molecule has 0 bridgehead atoms. The van der Waals surface area contributed by atoms with E-state index in [9.17, 15) is 0 Å². The average molecular weight is 300 g/mol. The summed E-state index contributed by atoms with van der Waals surface area (Å²) in [4.78, 5) is 8.75. The van der Waals surface area contributed by atoms with Crippen molar-refractivity contribution in [2.24, 2.45) is 0 Å². The summed E-state index contributed by atoms with van der Waals surface area (Å²) in [5, 5.41) is 2.60. The molecule has 4 heteroatoms. The molecule has 22 heavy (non-hydrogen) atoms. The maximum atomic E-state index is 2.21. The zero-order valence-corrected chi connectivity index (χ0v) is 15.1. The standard InChI is InChI=1S/C18H28N4/c1-19(2)13-9-10-15(21(5)6)18-16(22(7)8)12-11-14(17(13)18)20(3)4/h9-12H,1-8H3/q+1. The van der Waals surface area contributed by atoms with Gasteiger partial charge in [0.2, 0.25) is 0 Å². The smallest absolute Gasteiger partial charge is 0.190 e. The molecule has 0 saturated heterocycles. The van der Waals surface area contributed by atoms with Gasteiger partial charge in [-0.2, -0.15) is 0 Å². The van der Waals surface area contributed by atoms with Gasteiger partial charge in [0.15, 0.2) is 5.69 Å². The molecule has 0 aliphatic rings. The third kappa shape index (κ3) is 2.71. The first-order valence-electron chi connectivity index (χ1n) is 7.54. The zero-order chi connectivity index (χ0) is 16.6. The summed E-state index contributed by atoms with van der Waals surface area (Å²) in [6.45, 7) is 0. The fraction of sp³-hybridized carbons (Fsp3) is 0.444. The Hall–Kier alpha value is -1.94. The van der Waals surface area contributed by atoms with E-state index in [1.807, 2.05) is 0 Å². The Morgan fingerprint density at radius 3 is 1.32 bits per heavy atom. The summed E-state index contributed by atoms with van der Waals surface area (Å²) in [7, 11) is 16.8. The van der Waals surface area contributed by atoms with Crippen LogP contribution in [0.2, 0.25) is 0 Å². The summed E-state index contributed by atoms with van der Waals surface area (Å²) in [5.74, 6) is 0. The monoisotopic (exact) mass is 300 g/mol. The van der Waals surface area contributed by atoms with Crippen molar-refractivity contribution in [3.05, 3.63) is 24.3 Å². The third-order valence-corrected chi connectivity index (χ3v) is 4.00. The fourth-order valence-corrected chi connectivity index (χ4v) is 2.91. The Bertz CT molecular complexity index is 559. The summed E-state index contributed by atoms with van der Waals surface area (Å²) in [6.07, 6.45) is 0. The van der Waals surface area contributed by atoms with Gasteiger partial charge in [0.1, 0.15) is 14.1 Å². The van der Waals surface area contributed by atoms with E-state index in [1.165, 1.54) is 33.5 Å². The second-order valence-electron chi connectivity index (χ2n) is 6.54. The SMILES string of the molecule is CN(C)c1ccc(N(C)C)c2c([N+](C)C)ccc(N(C)C)c12. The topological polar surface area (TPSA) is 15.6 Å². The molecule has 2 aromatic carbocycles. The lowest BCUT2D eigenvalue weighted by Crippen LogP contribution is -2.18. The first kappa shape index (κ1) is 16.4. The van der Waals surface area contributed by atoms with Crippen molar-refractivity contribution in [1.29, 1.82) is 0 Å². The first-order chi connectivity index (χ1) is 10.3. The van der Waals surface area contributed by atoms with Crippen LogP contribution in [-0.4, -0.2) is 56.4 Å². The van der Waals surface area contributed by atoms with Crippen LogP contribution in [0.1, 0.15) is 0 Å². The lowest BCUT2D eigenvalue weighted by molar-refractivity contribution is 0.768. The minimum absolute atomic E-state index is 1.24. The van der Waals surface area contributed by atoms with Crippen LogP contribution in [0.15, 0.2) is 24.3 Å². The molecular weight excluding hydrogens is 272 g/mol. The minimum Gasteiger partial charge on any atom is -0.377 e. The van der Waals surface area contributed by atoms with Crippen molar-refractivity contribution in [1.82, 2.24) is 4.90 Å². The lowest BCUT2D eigenvalue weighted by atomic mass is 10.0. The van der Waals surface area contributed by atoms with Gasteiger partial charge in [-0.05, 0) is 18.2 Å². The molecule has 2 aromatic rings. The maximum absolute atomic E-state index is 2.21. The highest BCUT2D eigenvalue weighted by atomic mass is 15.1. The van der Waals surface area contributed by atoms with E-state index in [-0.39, 0.29) is 0 Å². The van der Waals surface area contributed by atoms with Crippen LogP contribution in [0.4, 0.5) is 22.7 Å². The molecule has 0 amide bonds. The summed E-state index contributed by atoms with van der Waals surface area (Å²) in [5.41, 5.74) is 4.97. The van der Waals surface area contributed by atoms with Crippen LogP contribution in [-0.2, 0) is 0 Å². The van der Waals surface area contributed by atoms with E-state index in [4.69, 9.17) is 0 Å². The molecule has 0 spiro atoms. The maximum Gasteiger partial charge on any atom is 0.190 e. The molecule has 0 N–H and O–H groups in total. The summed E-state index contributed by atoms with van der Waals surface area (Å²) >= 11 is 0. The van der Waals surface area contributed by atoms with Gasteiger partial charge in [-0.3, -0.25) is 0 Å². The number of fused-ring (bicyclic) bond motifs is 1. The number of rotatable bonds is 4. The highest BCUT2D eigenvalue weighted by Crippen LogP contribution is 2.43. The molecule has 0 saturated carbocycles. The van der Waals surface area contributed by atoms with Crippen molar-refractivity contribution in [3.8, 4) is 0 Å². The van der Waals surface area contributed by atoms with Crippen molar-refractivity contribution >= 4 is 33.5 Å². The van der Waals surface area contributed by atoms with E-state index < -0.39 is 0 Å². The second kappa shape index (κ2) is 6.05. The van der Waals surface area contributed by atoms with Gasteiger partial charge in [-0.1, -0.05) is 0 Å². The molecule has 0 fully saturated rings. The lowest BCUT2D eigenvalue weighted by Gasteiger charge is -2.25. The second-order valence-corrected chi connectivity index (χ2v) is 6.54. The van der Waals surface area contributed by atoms with Gasteiger partial charge in [0.25, 0.3) is 0 Å². The Morgan fingerprint density at radius 2 is 0.955 bits per heavy atom. The van der Waals surface area contributed by atoms with Crippen molar-refractivity contribution < 1.29 is 0 Å². The number of anilines is 4. The van der Waals surface area contributed by atoms with Gasteiger partial charge in [0, 0.05) is 65.1 Å². The predicted molar refractivity (Wildman–Crippen MR) is 101 cm³/mol. The van der Waals surface area contributed by atoms with Gasteiger partial charge in [-0.25, -0.2) is 0 Å². The quantitative estimate of drug-likeness (QED) is 0.807. The fourth-order valence-electron chi connectivity index (χ4n) is 2.91. The molecule has 2 rings (SSSR count). The van der Waals surface area contributed by atoms with E-state index in [2.05, 4.69) is 100 Å². The molecular formula is C18H28N4+. The molecule has 0 unspecified atom stereocenters. The zero-order valence-electron chi connectivity index (χ0n) is 15.1. The minimum atomic E-state index is 1.24. The van der Waals surface area contributed by atoms with Gasteiger partial charge >= 0.3 is 0 Å². The van der Waals surface area contributed by atoms with Crippen molar-refractivity contribution in [2.45, 2.75) is 0 Å². The average Bonchev–Trinajstić information content (AvgIpc) is 2.43. The predicted octanol–water partition coefficient (Wildman–Crippen LogP) is 3.07. The van der Waals surface area contributed by atoms with Crippen LogP contribution in [0.25, 0.3) is 10.8 Å². The van der Waals surface area contributed by atoms with Crippen LogP contribution in [0.5, 0.6) is 0 Å². The molecule has 0 atom stereocenters. The number of hydrogen-bond donors (Lipinski definition) is 0. The molecule has 0 heterocycles. The highest BCUT2D eigenvalue weighted by molar-refractivity contribution is 6.14. The van der Waals surface area contributed by atoms with Gasteiger partial charge in [0.05, 0.1) is 11.1 Å². The van der Waals surface area contributed by atoms with E-state index in [1.54, 1.807) is 0 Å². The first-order valence-corrected chi connectivity index (χ1v) is 7.54. The third-order valence-electron chi connectivity index (χ3n) is 4.00. The molecule has 119 valence electrons. The molecule has 0 aliphatic heterocycles. The van der Waals surface area contributed by atoms with E-state index in [0.717, 1.165) is 0 Å². The van der Waals surface area contributed by atoms with Crippen LogP contribution < -0.4 is 19.6 Å². The summed E-state index contributed by atoms with van der Waals surface area (Å²) in [6, 6.07) is 8.85. The Labute approximate surface area is 134 Å². The molecule has 1 radical (unpaired) electrons. The number of hydrogen-bond acceptors (Lipinski definition) is 4. The highest BCUT2D eigenvalue weighted by Gasteiger charge is 2.22. The van der Waals surface area contributed by atoms with Crippen molar-refractivity contribution in [2.75, 3.05) is 71.1 Å². The Morgan fingerprint density at radius 1 is 0.591 bits per heavy atom. The van der Waals surface area contributed by atoms with E-state index >= 15 is 0 Å². The van der Waals surface area contributed by atoms with Crippen LogP contribution in [0.3, 0.4) is 0 Å². The number of benzene rings is 2. The van der Waals surface area contributed by atoms with Gasteiger partial charge in [-0.15, -0.1) is 4.90 Å². The largest absolute Gasteiger partial charge is 0.377 e. The summed E-state index contributed by atoms with van der Waals surface area (Å²) < 4.78 is 0. The van der Waals surface area contributed by atoms with Gasteiger partial charge < -0.3 is 14.7 Å². The van der Waals surface area contributed by atoms with E-state index in [0.29, 0.717) is 0 Å². The normalized spacial score (nSPS) is 11.1. The Balaban J connectivity index is 3.03. The Kier molecular flexibility index (Phi) is 4.52. The molecule has 4 nitrogen and oxygen atoms in total. The van der Waals surface area contributed by atoms with Crippen LogP contribution in [0, 0.1) is 0 Å². The number of nitrogens with zero attached hydrogens (tertiary/aromatic N) is 4. The molecule has 0 aromatic heterocycles. The van der Waals surface area contributed by atoms with Crippen molar-refractivity contribution in [3.63, 3.8) is 0 Å². The van der Waals surface area contributed by atoms with Crippen LogP contribution >= 0.6 is 0 Å².